The van der Waals surface area contributed by atoms with E-state index < -0.39 is 0 Å². The fourth-order valence-corrected chi connectivity index (χ4v) is 2.08. The van der Waals surface area contributed by atoms with Crippen LogP contribution in [0.15, 0.2) is 24.3 Å². The molecule has 2 nitrogen and oxygen atoms in total. The molecule has 0 spiro atoms. The van der Waals surface area contributed by atoms with E-state index in [1.807, 2.05) is 0 Å². The minimum atomic E-state index is -0.283. The standard InChI is InChI=1S/C10H8FNOS/c1-6-9(14-10(13)12-6)7-3-2-4-8(11)5-7/h2-5H,1H3,(H,12,13). The Kier molecular flexibility index (Phi) is 2.21. The quantitative estimate of drug-likeness (QED) is 0.783. The number of rotatable bonds is 1. The topological polar surface area (TPSA) is 33.1 Å². The Morgan fingerprint density at radius 3 is 2.79 bits per heavy atom. The van der Waals surface area contributed by atoms with Crippen molar-refractivity contribution in [1.82, 2.24) is 4.98 Å². The van der Waals surface area contributed by atoms with Gasteiger partial charge in [-0.05, 0) is 24.6 Å². The minimum absolute atomic E-state index is 0.0155. The highest BCUT2D eigenvalue weighted by atomic mass is 32.1. The molecule has 2 aromatic rings. The predicted molar refractivity (Wildman–Crippen MR) is 53.9 cm³/mol. The number of benzene rings is 1. The lowest BCUT2D eigenvalue weighted by molar-refractivity contribution is 0.470. The highest BCUT2D eigenvalue weighted by Crippen LogP contribution is 2.33. The van der Waals surface area contributed by atoms with Crippen molar-refractivity contribution in [3.63, 3.8) is 0 Å². The van der Waals surface area contributed by atoms with Crippen molar-refractivity contribution in [2.24, 2.45) is 0 Å². The fraction of sp³-hybridized carbons (Fsp3) is 0.100. The highest BCUT2D eigenvalue weighted by Gasteiger charge is 2.08. The summed E-state index contributed by atoms with van der Waals surface area (Å²) in [6, 6.07) is 6.25. The number of aromatic nitrogens is 1. The molecular weight excluding hydrogens is 201 g/mol. The van der Waals surface area contributed by atoms with Crippen LogP contribution in [0, 0.1) is 12.7 Å². The van der Waals surface area contributed by atoms with Crippen LogP contribution >= 0.6 is 11.3 Å². The van der Waals surface area contributed by atoms with Gasteiger partial charge in [-0.15, -0.1) is 0 Å². The molecule has 0 aliphatic heterocycles. The Balaban J connectivity index is 2.54. The molecule has 1 aromatic heterocycles. The van der Waals surface area contributed by atoms with Crippen LogP contribution in [0.4, 0.5) is 4.39 Å². The molecule has 0 bridgehead atoms. The lowest BCUT2D eigenvalue weighted by Gasteiger charge is -1.97. The Hall–Kier alpha value is -1.42. The van der Waals surface area contributed by atoms with E-state index in [1.54, 1.807) is 19.1 Å². The van der Waals surface area contributed by atoms with Gasteiger partial charge < -0.3 is 5.11 Å². The second-order valence-corrected chi connectivity index (χ2v) is 3.90. The van der Waals surface area contributed by atoms with Crippen LogP contribution in [0.5, 0.6) is 5.19 Å². The lowest BCUT2D eigenvalue weighted by atomic mass is 10.1. The number of halogens is 1. The van der Waals surface area contributed by atoms with E-state index in [0.29, 0.717) is 0 Å². The molecule has 0 radical (unpaired) electrons. The molecule has 1 heterocycles. The Morgan fingerprint density at radius 2 is 2.21 bits per heavy atom. The predicted octanol–water partition coefficient (Wildman–Crippen LogP) is 2.96. The third-order valence-corrected chi connectivity index (χ3v) is 2.88. The zero-order valence-electron chi connectivity index (χ0n) is 7.49. The summed E-state index contributed by atoms with van der Waals surface area (Å²) >= 11 is 1.15. The molecule has 0 atom stereocenters. The maximum atomic E-state index is 12.9. The summed E-state index contributed by atoms with van der Waals surface area (Å²) in [6.45, 7) is 1.79. The van der Waals surface area contributed by atoms with Gasteiger partial charge in [0, 0.05) is 0 Å². The SMILES string of the molecule is Cc1nc(O)sc1-c1cccc(F)c1. The first-order valence-corrected chi connectivity index (χ1v) is 4.91. The molecule has 0 amide bonds. The zero-order valence-corrected chi connectivity index (χ0v) is 8.31. The molecule has 4 heteroatoms. The normalized spacial score (nSPS) is 10.4. The number of hydrogen-bond donors (Lipinski definition) is 1. The second kappa shape index (κ2) is 3.38. The van der Waals surface area contributed by atoms with Crippen LogP contribution in [0.25, 0.3) is 10.4 Å². The van der Waals surface area contributed by atoms with Crippen LogP contribution in [0.2, 0.25) is 0 Å². The second-order valence-electron chi connectivity index (χ2n) is 2.92. The van der Waals surface area contributed by atoms with Crippen molar-refractivity contribution in [2.75, 3.05) is 0 Å². The van der Waals surface area contributed by atoms with Gasteiger partial charge in [-0.1, -0.05) is 23.5 Å². The molecular formula is C10H8FNOS. The molecule has 0 aliphatic rings. The first-order valence-electron chi connectivity index (χ1n) is 4.09. The Bertz CT molecular complexity index is 467. The van der Waals surface area contributed by atoms with Gasteiger partial charge in [0.15, 0.2) is 0 Å². The molecule has 0 saturated carbocycles. The van der Waals surface area contributed by atoms with Crippen LogP contribution in [0.1, 0.15) is 5.69 Å². The summed E-state index contributed by atoms with van der Waals surface area (Å²) in [4.78, 5) is 4.68. The minimum Gasteiger partial charge on any atom is -0.486 e. The number of nitrogens with zero attached hydrogens (tertiary/aromatic N) is 1. The number of aromatic hydroxyl groups is 1. The van der Waals surface area contributed by atoms with Gasteiger partial charge in [0.1, 0.15) is 5.82 Å². The first kappa shape index (κ1) is 9.15. The van der Waals surface area contributed by atoms with E-state index in [4.69, 9.17) is 0 Å². The van der Waals surface area contributed by atoms with E-state index >= 15 is 0 Å². The highest BCUT2D eigenvalue weighted by molar-refractivity contribution is 7.16. The van der Waals surface area contributed by atoms with E-state index in [-0.39, 0.29) is 11.0 Å². The van der Waals surface area contributed by atoms with Crippen LogP contribution < -0.4 is 0 Å². The summed E-state index contributed by atoms with van der Waals surface area (Å²) in [5, 5.41) is 9.19. The third-order valence-electron chi connectivity index (χ3n) is 1.87. The summed E-state index contributed by atoms with van der Waals surface area (Å²) in [5.74, 6) is -0.283. The maximum Gasteiger partial charge on any atom is 0.271 e. The van der Waals surface area contributed by atoms with Crippen molar-refractivity contribution in [2.45, 2.75) is 6.92 Å². The molecule has 0 unspecified atom stereocenters. The largest absolute Gasteiger partial charge is 0.486 e. The molecule has 0 saturated heterocycles. The molecule has 2 rings (SSSR count). The van der Waals surface area contributed by atoms with Gasteiger partial charge in [0.25, 0.3) is 5.19 Å². The molecule has 72 valence electrons. The van der Waals surface area contributed by atoms with Crippen molar-refractivity contribution in [3.8, 4) is 15.6 Å². The number of thiazole rings is 1. The fourth-order valence-electron chi connectivity index (χ4n) is 1.28. The van der Waals surface area contributed by atoms with E-state index in [0.717, 1.165) is 27.5 Å². The van der Waals surface area contributed by atoms with Gasteiger partial charge in [-0.25, -0.2) is 9.37 Å². The van der Waals surface area contributed by atoms with E-state index in [2.05, 4.69) is 4.98 Å². The Morgan fingerprint density at radius 1 is 1.43 bits per heavy atom. The first-order chi connectivity index (χ1) is 6.66. The Labute approximate surface area is 84.7 Å². The van der Waals surface area contributed by atoms with Crippen molar-refractivity contribution < 1.29 is 9.50 Å². The van der Waals surface area contributed by atoms with Crippen LogP contribution in [0.3, 0.4) is 0 Å². The van der Waals surface area contributed by atoms with Gasteiger partial charge in [0.2, 0.25) is 0 Å². The smallest absolute Gasteiger partial charge is 0.271 e. The van der Waals surface area contributed by atoms with Gasteiger partial charge in [-0.2, -0.15) is 0 Å². The zero-order chi connectivity index (χ0) is 10.1. The van der Waals surface area contributed by atoms with E-state index in [1.165, 1.54) is 12.1 Å². The van der Waals surface area contributed by atoms with Gasteiger partial charge in [-0.3, -0.25) is 0 Å². The maximum absolute atomic E-state index is 12.9. The molecule has 0 fully saturated rings. The van der Waals surface area contributed by atoms with Crippen molar-refractivity contribution in [1.29, 1.82) is 0 Å². The molecule has 1 N–H and O–H groups in total. The third kappa shape index (κ3) is 1.61. The summed E-state index contributed by atoms with van der Waals surface area (Å²) in [5.41, 5.74) is 1.47. The number of hydrogen-bond acceptors (Lipinski definition) is 3. The molecule has 14 heavy (non-hydrogen) atoms. The van der Waals surface area contributed by atoms with Crippen LogP contribution in [-0.2, 0) is 0 Å². The average molecular weight is 209 g/mol. The van der Waals surface area contributed by atoms with Crippen molar-refractivity contribution >= 4 is 11.3 Å². The molecule has 0 aliphatic carbocycles. The van der Waals surface area contributed by atoms with Gasteiger partial charge in [0.05, 0.1) is 10.6 Å². The number of aryl methyl sites for hydroxylation is 1. The lowest BCUT2D eigenvalue weighted by Crippen LogP contribution is -1.79. The van der Waals surface area contributed by atoms with Crippen LogP contribution in [-0.4, -0.2) is 10.1 Å². The van der Waals surface area contributed by atoms with Crippen molar-refractivity contribution in [3.05, 3.63) is 35.8 Å². The summed E-state index contributed by atoms with van der Waals surface area (Å²) < 4.78 is 12.9. The monoisotopic (exact) mass is 209 g/mol. The summed E-state index contributed by atoms with van der Waals surface area (Å²) in [7, 11) is 0. The molecule has 1 aromatic carbocycles. The van der Waals surface area contributed by atoms with Gasteiger partial charge >= 0.3 is 0 Å². The van der Waals surface area contributed by atoms with E-state index in [9.17, 15) is 9.50 Å². The summed E-state index contributed by atoms with van der Waals surface area (Å²) in [6.07, 6.45) is 0. The average Bonchev–Trinajstić information content (AvgIpc) is 2.45.